The summed E-state index contributed by atoms with van der Waals surface area (Å²) in [5.41, 5.74) is 0.102. The fourth-order valence-electron chi connectivity index (χ4n) is 4.13. The molecular formula is C23H32ClNO4Sn. The average Bonchev–Trinajstić information content (AvgIpc) is 2.73. The first kappa shape index (κ1) is 24.9. The van der Waals surface area contributed by atoms with Gasteiger partial charge in [0.1, 0.15) is 0 Å². The molecule has 0 aliphatic heterocycles. The first-order valence-electron chi connectivity index (χ1n) is 11.0. The van der Waals surface area contributed by atoms with Crippen LogP contribution in [0.25, 0.3) is 11.3 Å². The molecule has 164 valence electrons. The summed E-state index contributed by atoms with van der Waals surface area (Å²) in [6, 6.07) is 5.75. The van der Waals surface area contributed by atoms with Crippen LogP contribution in [0.5, 0.6) is 0 Å². The number of nitro groups is 1. The summed E-state index contributed by atoms with van der Waals surface area (Å²) in [5, 5.41) is 11.8. The average molecular weight is 541 g/mol. The second-order valence-corrected chi connectivity index (χ2v) is 21.6. The van der Waals surface area contributed by atoms with Crippen molar-refractivity contribution in [3.63, 3.8) is 0 Å². The van der Waals surface area contributed by atoms with E-state index in [2.05, 4.69) is 20.8 Å². The number of nitrogens with zero attached hydrogens (tertiary/aromatic N) is 1. The molecule has 0 N–H and O–H groups in total. The Kier molecular flexibility index (Phi) is 9.88. The van der Waals surface area contributed by atoms with Gasteiger partial charge in [0.05, 0.1) is 0 Å². The van der Waals surface area contributed by atoms with E-state index in [1.807, 2.05) is 0 Å². The Bertz CT molecular complexity index is 891. The third-order valence-electron chi connectivity index (χ3n) is 5.85. The normalized spacial score (nSPS) is 11.6. The van der Waals surface area contributed by atoms with Gasteiger partial charge >= 0.3 is 188 Å². The monoisotopic (exact) mass is 541 g/mol. The van der Waals surface area contributed by atoms with Gasteiger partial charge in [0.15, 0.2) is 0 Å². The van der Waals surface area contributed by atoms with E-state index >= 15 is 0 Å². The molecule has 0 aliphatic carbocycles. The van der Waals surface area contributed by atoms with Crippen molar-refractivity contribution < 1.29 is 9.34 Å². The Morgan fingerprint density at radius 2 is 1.57 bits per heavy atom. The molecule has 0 bridgehead atoms. The molecule has 0 amide bonds. The number of halogens is 1. The van der Waals surface area contributed by atoms with E-state index in [1.165, 1.54) is 24.3 Å². The summed E-state index contributed by atoms with van der Waals surface area (Å²) in [4.78, 5) is 24.3. The van der Waals surface area contributed by atoms with E-state index in [-0.39, 0.29) is 22.4 Å². The van der Waals surface area contributed by atoms with Gasteiger partial charge in [0.2, 0.25) is 0 Å². The van der Waals surface area contributed by atoms with Gasteiger partial charge in [0, 0.05) is 0 Å². The van der Waals surface area contributed by atoms with Crippen LogP contribution < -0.4 is 9.01 Å². The van der Waals surface area contributed by atoms with Crippen LogP contribution in [0.3, 0.4) is 0 Å². The quantitative estimate of drug-likeness (QED) is 0.166. The van der Waals surface area contributed by atoms with Gasteiger partial charge in [-0.3, -0.25) is 0 Å². The molecule has 7 heteroatoms. The maximum absolute atomic E-state index is 13.3. The number of rotatable bonds is 12. The van der Waals surface area contributed by atoms with Gasteiger partial charge in [-0.1, -0.05) is 0 Å². The van der Waals surface area contributed by atoms with Gasteiger partial charge in [-0.15, -0.1) is 0 Å². The molecule has 1 aromatic carbocycles. The molecule has 2 aromatic rings. The molecule has 5 nitrogen and oxygen atoms in total. The number of nitro benzene ring substituents is 1. The summed E-state index contributed by atoms with van der Waals surface area (Å²) < 4.78 is 10.3. The van der Waals surface area contributed by atoms with Gasteiger partial charge < -0.3 is 0 Å². The molecule has 0 saturated carbocycles. The molecule has 2 rings (SSSR count). The first-order chi connectivity index (χ1) is 14.4. The van der Waals surface area contributed by atoms with E-state index in [0.29, 0.717) is 5.02 Å². The third-order valence-corrected chi connectivity index (χ3v) is 21.6. The molecule has 0 unspecified atom stereocenters. The number of unbranched alkanes of at least 4 members (excludes halogenated alkanes) is 3. The second-order valence-electron chi connectivity index (χ2n) is 8.03. The van der Waals surface area contributed by atoms with Crippen LogP contribution in [0.15, 0.2) is 39.7 Å². The number of hydrogen-bond donors (Lipinski definition) is 0. The molecule has 0 atom stereocenters. The van der Waals surface area contributed by atoms with Crippen molar-refractivity contribution in [3.8, 4) is 11.3 Å². The summed E-state index contributed by atoms with van der Waals surface area (Å²) in [6.45, 7) is 6.58. The van der Waals surface area contributed by atoms with Crippen LogP contribution in [0.2, 0.25) is 18.3 Å². The topological polar surface area (TPSA) is 73.3 Å². The minimum atomic E-state index is -2.94. The van der Waals surface area contributed by atoms with Crippen molar-refractivity contribution >= 4 is 39.2 Å². The summed E-state index contributed by atoms with van der Waals surface area (Å²) in [5.74, 6) is 0.208. The fourth-order valence-corrected chi connectivity index (χ4v) is 20.1. The zero-order valence-electron chi connectivity index (χ0n) is 18.2. The van der Waals surface area contributed by atoms with Crippen LogP contribution in [-0.2, 0) is 0 Å². The molecule has 0 aliphatic rings. The summed E-state index contributed by atoms with van der Waals surface area (Å²) in [6.07, 6.45) is 8.43. The van der Waals surface area contributed by atoms with Crippen molar-refractivity contribution in [1.29, 1.82) is 0 Å². The minimum absolute atomic E-state index is 0.0235. The number of hydrogen-bond acceptors (Lipinski definition) is 4. The molecular weight excluding hydrogens is 508 g/mol. The van der Waals surface area contributed by atoms with Gasteiger partial charge in [-0.25, -0.2) is 0 Å². The van der Waals surface area contributed by atoms with Crippen molar-refractivity contribution in [2.24, 2.45) is 0 Å². The molecule has 30 heavy (non-hydrogen) atoms. The van der Waals surface area contributed by atoms with Crippen LogP contribution in [0.1, 0.15) is 59.3 Å². The Labute approximate surface area is 187 Å². The third kappa shape index (κ3) is 6.10. The predicted molar refractivity (Wildman–Crippen MR) is 127 cm³/mol. The number of benzene rings is 1. The zero-order valence-corrected chi connectivity index (χ0v) is 21.8. The van der Waals surface area contributed by atoms with E-state index in [4.69, 9.17) is 16.0 Å². The zero-order chi connectivity index (χ0) is 22.1. The van der Waals surface area contributed by atoms with Crippen LogP contribution in [-0.4, -0.2) is 23.3 Å². The fraction of sp³-hybridized carbons (Fsp3) is 0.522. The van der Waals surface area contributed by atoms with E-state index < -0.39 is 23.3 Å². The van der Waals surface area contributed by atoms with Gasteiger partial charge in [-0.05, 0) is 0 Å². The molecule has 1 heterocycles. The predicted octanol–water partition coefficient (Wildman–Crippen LogP) is 6.92. The molecule has 0 spiro atoms. The SMILES string of the molecule is CCC[CH2][Sn]([CH2]CCC)([CH2]CCC)[c]1coc(-c2cc(Cl)ccc2[N+](=O)[O-])cc1=O. The van der Waals surface area contributed by atoms with Crippen LogP contribution in [0.4, 0.5) is 5.69 Å². The first-order valence-corrected chi connectivity index (χ1v) is 18.8. The van der Waals surface area contributed by atoms with Gasteiger partial charge in [-0.2, -0.15) is 0 Å². The maximum atomic E-state index is 13.3. The van der Waals surface area contributed by atoms with E-state index in [9.17, 15) is 14.9 Å². The van der Waals surface area contributed by atoms with Crippen molar-refractivity contribution in [2.75, 3.05) is 0 Å². The second kappa shape index (κ2) is 11.9. The molecule has 0 fully saturated rings. The van der Waals surface area contributed by atoms with Crippen molar-refractivity contribution in [1.82, 2.24) is 0 Å². The Morgan fingerprint density at radius 1 is 1.00 bits per heavy atom. The van der Waals surface area contributed by atoms with Gasteiger partial charge in [0.25, 0.3) is 0 Å². The van der Waals surface area contributed by atoms with Crippen LogP contribution >= 0.6 is 11.6 Å². The molecule has 1 aromatic heterocycles. The van der Waals surface area contributed by atoms with Crippen LogP contribution in [0, 0.1) is 10.1 Å². The summed E-state index contributed by atoms with van der Waals surface area (Å²) >= 11 is 3.11. The van der Waals surface area contributed by atoms with E-state index in [1.54, 1.807) is 6.26 Å². The van der Waals surface area contributed by atoms with E-state index in [0.717, 1.165) is 55.4 Å². The molecule has 0 radical (unpaired) electrons. The standard InChI is InChI=1S/C11H5ClNO4.3C4H9.Sn/c12-7-1-2-10(13(15)16)9(5-7)11-6-8(14)3-4-17-11;3*1-3-4-2;/h1-2,4-6H;3*1,3-4H2,2H3;. The van der Waals surface area contributed by atoms with Crippen molar-refractivity contribution in [2.45, 2.75) is 72.6 Å². The van der Waals surface area contributed by atoms with Crippen molar-refractivity contribution in [3.05, 3.63) is 55.9 Å². The Morgan fingerprint density at radius 3 is 2.03 bits per heavy atom. The summed E-state index contributed by atoms with van der Waals surface area (Å²) in [7, 11) is 0. The molecule has 0 saturated heterocycles. The Balaban J connectivity index is 2.56. The Hall–Kier alpha value is -1.34.